The lowest BCUT2D eigenvalue weighted by Gasteiger charge is -2.26. The first-order valence-corrected chi connectivity index (χ1v) is 7.70. The van der Waals surface area contributed by atoms with Gasteiger partial charge < -0.3 is 0 Å². The molecule has 1 spiro atoms. The molecule has 4 aliphatic carbocycles. The molecule has 3 nitrogen and oxygen atoms in total. The van der Waals surface area contributed by atoms with E-state index in [0.29, 0.717) is 23.2 Å². The van der Waals surface area contributed by atoms with Gasteiger partial charge in [-0.05, 0) is 55.8 Å². The summed E-state index contributed by atoms with van der Waals surface area (Å²) < 4.78 is 0. The van der Waals surface area contributed by atoms with E-state index in [2.05, 4.69) is 19.1 Å². The number of fused-ring (bicyclic) bond motifs is 3. The third-order valence-corrected chi connectivity index (χ3v) is 6.60. The van der Waals surface area contributed by atoms with Gasteiger partial charge in [0.2, 0.25) is 11.8 Å². The molecule has 4 fully saturated rings. The molecule has 5 aliphatic rings. The molecule has 0 radical (unpaired) electrons. The zero-order valence-corrected chi connectivity index (χ0v) is 11.2. The highest BCUT2D eigenvalue weighted by atomic mass is 16.2. The van der Waals surface area contributed by atoms with Crippen molar-refractivity contribution in [2.24, 2.45) is 35.0 Å². The monoisotopic (exact) mass is 257 g/mol. The fourth-order valence-corrected chi connectivity index (χ4v) is 5.29. The SMILES string of the molecule is C[C@@H](C1CC1)N1C(=O)[C@@H]2[C@H](C1=O)[C@H]1C=C[C@H]2C12CC2. The number of imide groups is 1. The Morgan fingerprint density at radius 2 is 1.63 bits per heavy atom. The summed E-state index contributed by atoms with van der Waals surface area (Å²) in [5.41, 5.74) is 0.329. The molecule has 0 aromatic carbocycles. The van der Waals surface area contributed by atoms with Crippen molar-refractivity contribution >= 4 is 11.8 Å². The summed E-state index contributed by atoms with van der Waals surface area (Å²) in [7, 11) is 0. The van der Waals surface area contributed by atoms with E-state index >= 15 is 0 Å². The summed E-state index contributed by atoms with van der Waals surface area (Å²) in [4.78, 5) is 27.1. The maximum absolute atomic E-state index is 12.7. The second kappa shape index (κ2) is 2.97. The molecule has 0 aromatic heterocycles. The standard InChI is InChI=1S/C16H19NO2/c1-8(9-2-3-9)17-14(18)12-10-4-5-11(13(12)15(17)19)16(10)6-7-16/h4-5,8-13H,2-3,6-7H2,1H3/t8-,10+,11+,12-,13+/m0/s1. The van der Waals surface area contributed by atoms with Gasteiger partial charge in [-0.2, -0.15) is 0 Å². The Balaban J connectivity index is 1.54. The third-order valence-electron chi connectivity index (χ3n) is 6.60. The van der Waals surface area contributed by atoms with Crippen LogP contribution in [0.25, 0.3) is 0 Å². The number of likely N-dealkylation sites (tertiary alicyclic amines) is 1. The van der Waals surface area contributed by atoms with Crippen LogP contribution >= 0.6 is 0 Å². The Morgan fingerprint density at radius 1 is 1.11 bits per heavy atom. The summed E-state index contributed by atoms with van der Waals surface area (Å²) in [5.74, 6) is 1.60. The predicted molar refractivity (Wildman–Crippen MR) is 68.8 cm³/mol. The second-order valence-corrected chi connectivity index (χ2v) is 7.35. The van der Waals surface area contributed by atoms with E-state index in [1.165, 1.54) is 25.7 Å². The maximum atomic E-state index is 12.7. The molecule has 1 heterocycles. The van der Waals surface area contributed by atoms with Crippen LogP contribution in [0.15, 0.2) is 12.2 Å². The van der Waals surface area contributed by atoms with Gasteiger partial charge in [0, 0.05) is 6.04 Å². The van der Waals surface area contributed by atoms with Crippen molar-refractivity contribution in [1.29, 1.82) is 0 Å². The molecule has 2 bridgehead atoms. The number of carbonyl (C=O) groups excluding carboxylic acids is 2. The van der Waals surface area contributed by atoms with E-state index in [1.54, 1.807) is 4.90 Å². The first-order chi connectivity index (χ1) is 9.15. The fourth-order valence-electron chi connectivity index (χ4n) is 5.29. The van der Waals surface area contributed by atoms with E-state index < -0.39 is 0 Å². The summed E-state index contributed by atoms with van der Waals surface area (Å²) >= 11 is 0. The minimum atomic E-state index is -0.00815. The highest BCUT2D eigenvalue weighted by Gasteiger charge is 2.73. The Morgan fingerprint density at radius 3 is 2.05 bits per heavy atom. The molecule has 3 saturated carbocycles. The predicted octanol–water partition coefficient (Wildman–Crippen LogP) is 1.98. The fraction of sp³-hybridized carbons (Fsp3) is 0.750. The van der Waals surface area contributed by atoms with E-state index in [0.717, 1.165) is 0 Å². The van der Waals surface area contributed by atoms with E-state index in [-0.39, 0.29) is 29.7 Å². The molecule has 0 N–H and O–H groups in total. The Bertz CT molecular complexity index is 495. The number of hydrogen-bond donors (Lipinski definition) is 0. The van der Waals surface area contributed by atoms with Gasteiger partial charge in [-0.25, -0.2) is 0 Å². The number of hydrogen-bond acceptors (Lipinski definition) is 2. The minimum Gasteiger partial charge on any atom is -0.279 e. The van der Waals surface area contributed by atoms with Gasteiger partial charge >= 0.3 is 0 Å². The second-order valence-electron chi connectivity index (χ2n) is 7.35. The van der Waals surface area contributed by atoms with Crippen molar-refractivity contribution in [1.82, 2.24) is 4.90 Å². The topological polar surface area (TPSA) is 37.4 Å². The Hall–Kier alpha value is -1.12. The number of carbonyl (C=O) groups is 2. The normalized spacial score (nSPS) is 46.3. The number of allylic oxidation sites excluding steroid dienone is 2. The lowest BCUT2D eigenvalue weighted by molar-refractivity contribution is -0.144. The molecule has 5 rings (SSSR count). The number of nitrogens with zero attached hydrogens (tertiary/aromatic N) is 1. The van der Waals surface area contributed by atoms with Crippen molar-refractivity contribution < 1.29 is 9.59 Å². The molecule has 0 unspecified atom stereocenters. The zero-order chi connectivity index (χ0) is 12.9. The minimum absolute atomic E-state index is 0.00815. The first kappa shape index (κ1) is 10.6. The van der Waals surface area contributed by atoms with Crippen LogP contribution in [-0.2, 0) is 9.59 Å². The molecule has 3 heteroatoms. The largest absolute Gasteiger partial charge is 0.279 e. The van der Waals surface area contributed by atoms with E-state index in [9.17, 15) is 9.59 Å². The van der Waals surface area contributed by atoms with Crippen molar-refractivity contribution in [3.05, 3.63) is 12.2 Å². The van der Waals surface area contributed by atoms with Crippen LogP contribution in [0.1, 0.15) is 32.6 Å². The smallest absolute Gasteiger partial charge is 0.233 e. The molecule has 1 aliphatic heterocycles. The van der Waals surface area contributed by atoms with Crippen LogP contribution in [0.4, 0.5) is 0 Å². The van der Waals surface area contributed by atoms with Crippen molar-refractivity contribution in [2.75, 3.05) is 0 Å². The van der Waals surface area contributed by atoms with Gasteiger partial charge in [0.25, 0.3) is 0 Å². The molecule has 19 heavy (non-hydrogen) atoms. The van der Waals surface area contributed by atoms with Gasteiger partial charge in [-0.15, -0.1) is 0 Å². The number of rotatable bonds is 2. The van der Waals surface area contributed by atoms with Gasteiger partial charge in [-0.3, -0.25) is 14.5 Å². The average Bonchev–Trinajstić information content (AvgIpc) is 3.27. The van der Waals surface area contributed by atoms with Crippen molar-refractivity contribution in [3.63, 3.8) is 0 Å². The summed E-state index contributed by atoms with van der Waals surface area (Å²) in [6, 6.07) is 0.139. The first-order valence-electron chi connectivity index (χ1n) is 7.70. The van der Waals surface area contributed by atoms with Gasteiger partial charge in [0.15, 0.2) is 0 Å². The van der Waals surface area contributed by atoms with Crippen LogP contribution in [0.2, 0.25) is 0 Å². The third kappa shape index (κ3) is 1.04. The quantitative estimate of drug-likeness (QED) is 0.560. The van der Waals surface area contributed by atoms with Gasteiger partial charge in [-0.1, -0.05) is 12.2 Å². The summed E-state index contributed by atoms with van der Waals surface area (Å²) in [6.45, 7) is 2.07. The average molecular weight is 257 g/mol. The summed E-state index contributed by atoms with van der Waals surface area (Å²) in [6.07, 6.45) is 9.30. The molecular formula is C16H19NO2. The van der Waals surface area contributed by atoms with Gasteiger partial charge in [0.05, 0.1) is 11.8 Å². The molecular weight excluding hydrogens is 238 g/mol. The molecule has 1 saturated heterocycles. The summed E-state index contributed by atoms with van der Waals surface area (Å²) in [5, 5.41) is 0. The van der Waals surface area contributed by atoms with Crippen LogP contribution in [0, 0.1) is 35.0 Å². The van der Waals surface area contributed by atoms with E-state index in [1.807, 2.05) is 0 Å². The Labute approximate surface area is 113 Å². The van der Waals surface area contributed by atoms with Crippen molar-refractivity contribution in [2.45, 2.75) is 38.6 Å². The lowest BCUT2D eigenvalue weighted by atomic mass is 9.85. The van der Waals surface area contributed by atoms with Crippen LogP contribution in [-0.4, -0.2) is 22.8 Å². The van der Waals surface area contributed by atoms with E-state index in [4.69, 9.17) is 0 Å². The molecule has 100 valence electrons. The lowest BCUT2D eigenvalue weighted by Crippen LogP contribution is -2.42. The molecule has 5 atom stereocenters. The maximum Gasteiger partial charge on any atom is 0.233 e. The molecule has 2 amide bonds. The highest BCUT2D eigenvalue weighted by Crippen LogP contribution is 2.73. The Kier molecular flexibility index (Phi) is 1.66. The molecule has 0 aromatic rings. The number of amides is 2. The highest BCUT2D eigenvalue weighted by molar-refractivity contribution is 6.07. The van der Waals surface area contributed by atoms with Crippen LogP contribution < -0.4 is 0 Å². The van der Waals surface area contributed by atoms with Crippen molar-refractivity contribution in [3.8, 4) is 0 Å². The van der Waals surface area contributed by atoms with Gasteiger partial charge in [0.1, 0.15) is 0 Å². The zero-order valence-electron chi connectivity index (χ0n) is 11.2. The van der Waals surface area contributed by atoms with Crippen LogP contribution in [0.5, 0.6) is 0 Å². The van der Waals surface area contributed by atoms with Crippen LogP contribution in [0.3, 0.4) is 0 Å².